The van der Waals surface area contributed by atoms with E-state index in [1.165, 1.54) is 0 Å². The number of rotatable bonds is 3. The highest BCUT2D eigenvalue weighted by molar-refractivity contribution is 14.1. The minimum absolute atomic E-state index is 0.262. The fourth-order valence-corrected chi connectivity index (χ4v) is 1.30. The van der Waals surface area contributed by atoms with Gasteiger partial charge in [-0.05, 0) is 40.8 Å². The number of halogens is 2. The molecule has 0 amide bonds. The molecule has 0 unspecified atom stereocenters. The summed E-state index contributed by atoms with van der Waals surface area (Å²) in [6.45, 7) is 0.262. The van der Waals surface area contributed by atoms with Gasteiger partial charge in [0.2, 0.25) is 0 Å². The normalized spacial score (nSPS) is 9.92. The van der Waals surface area contributed by atoms with Crippen molar-refractivity contribution in [1.82, 2.24) is 0 Å². The third-order valence-corrected chi connectivity index (χ3v) is 2.78. The minimum atomic E-state index is 0.262. The molecule has 0 bridgehead atoms. The quantitative estimate of drug-likeness (QED) is 0.631. The summed E-state index contributed by atoms with van der Waals surface area (Å²) in [5, 5.41) is 0.736. The van der Waals surface area contributed by atoms with Crippen LogP contribution in [0.15, 0.2) is 18.2 Å². The second-order valence-electron chi connectivity index (χ2n) is 2.13. The predicted molar refractivity (Wildman–Crippen MR) is 56.7 cm³/mol. The largest absolute Gasteiger partial charge is 0.468 e. The first-order chi connectivity index (χ1) is 5.74. The van der Waals surface area contributed by atoms with E-state index in [9.17, 15) is 0 Å². The number of ether oxygens (including phenoxy) is 2. The van der Waals surface area contributed by atoms with Gasteiger partial charge in [0.15, 0.2) is 6.79 Å². The molecule has 0 fully saturated rings. The Kier molecular flexibility index (Phi) is 4.11. The van der Waals surface area contributed by atoms with Gasteiger partial charge in [-0.15, -0.1) is 0 Å². The maximum Gasteiger partial charge on any atom is 0.188 e. The molecule has 0 saturated carbocycles. The first-order valence-electron chi connectivity index (χ1n) is 3.31. The molecule has 1 aromatic rings. The van der Waals surface area contributed by atoms with Crippen molar-refractivity contribution >= 4 is 34.2 Å². The Balaban J connectivity index is 2.69. The fourth-order valence-electron chi connectivity index (χ4n) is 0.694. The van der Waals surface area contributed by atoms with Crippen LogP contribution >= 0.6 is 34.2 Å². The average molecular weight is 299 g/mol. The van der Waals surface area contributed by atoms with Crippen LogP contribution in [0, 0.1) is 3.57 Å². The number of methoxy groups -OCH3 is 1. The van der Waals surface area contributed by atoms with Crippen molar-refractivity contribution in [3.8, 4) is 5.75 Å². The Morgan fingerprint density at radius 1 is 1.50 bits per heavy atom. The summed E-state index contributed by atoms with van der Waals surface area (Å²) in [5.41, 5.74) is 0. The van der Waals surface area contributed by atoms with Gasteiger partial charge in [-0.2, -0.15) is 0 Å². The van der Waals surface area contributed by atoms with Gasteiger partial charge >= 0.3 is 0 Å². The molecule has 0 atom stereocenters. The zero-order valence-corrected chi connectivity index (χ0v) is 9.43. The summed E-state index contributed by atoms with van der Waals surface area (Å²) in [7, 11) is 1.58. The van der Waals surface area contributed by atoms with Gasteiger partial charge in [-0.1, -0.05) is 11.6 Å². The number of hydrogen-bond acceptors (Lipinski definition) is 2. The highest BCUT2D eigenvalue weighted by atomic mass is 127. The molecule has 66 valence electrons. The second kappa shape index (κ2) is 4.89. The lowest BCUT2D eigenvalue weighted by Gasteiger charge is -2.04. The van der Waals surface area contributed by atoms with E-state index in [4.69, 9.17) is 21.1 Å². The van der Waals surface area contributed by atoms with E-state index in [1.807, 2.05) is 12.1 Å². The van der Waals surface area contributed by atoms with E-state index in [0.717, 1.165) is 14.3 Å². The van der Waals surface area contributed by atoms with Crippen molar-refractivity contribution in [2.45, 2.75) is 0 Å². The van der Waals surface area contributed by atoms with Gasteiger partial charge in [0.25, 0.3) is 0 Å². The first kappa shape index (κ1) is 10.1. The molecule has 4 heteroatoms. The molecule has 12 heavy (non-hydrogen) atoms. The van der Waals surface area contributed by atoms with Crippen LogP contribution in [0.2, 0.25) is 5.02 Å². The third kappa shape index (κ3) is 2.80. The Morgan fingerprint density at radius 2 is 2.25 bits per heavy atom. The van der Waals surface area contributed by atoms with E-state index in [1.54, 1.807) is 13.2 Å². The zero-order valence-electron chi connectivity index (χ0n) is 6.51. The Hall–Kier alpha value is -0.000000000000000111. The van der Waals surface area contributed by atoms with Crippen LogP contribution in [0.3, 0.4) is 0 Å². The maximum absolute atomic E-state index is 5.82. The SMILES string of the molecule is COCOc1ccc(Cl)c(I)c1. The smallest absolute Gasteiger partial charge is 0.188 e. The summed E-state index contributed by atoms with van der Waals surface area (Å²) in [6.07, 6.45) is 0. The van der Waals surface area contributed by atoms with Gasteiger partial charge in [-0.3, -0.25) is 0 Å². The molecule has 1 rings (SSSR count). The highest BCUT2D eigenvalue weighted by Gasteiger charge is 1.98. The van der Waals surface area contributed by atoms with Crippen LogP contribution in [0.25, 0.3) is 0 Å². The molecule has 0 saturated heterocycles. The van der Waals surface area contributed by atoms with Gasteiger partial charge in [-0.25, -0.2) is 0 Å². The summed E-state index contributed by atoms with van der Waals surface area (Å²) in [4.78, 5) is 0. The Morgan fingerprint density at radius 3 is 2.83 bits per heavy atom. The molecule has 0 aromatic heterocycles. The van der Waals surface area contributed by atoms with Crippen LogP contribution in [0.5, 0.6) is 5.75 Å². The van der Waals surface area contributed by atoms with Gasteiger partial charge in [0.05, 0.1) is 5.02 Å². The fraction of sp³-hybridized carbons (Fsp3) is 0.250. The van der Waals surface area contributed by atoms with Gasteiger partial charge in [0.1, 0.15) is 5.75 Å². The molecule has 0 aliphatic carbocycles. The average Bonchev–Trinajstić information content (AvgIpc) is 2.07. The van der Waals surface area contributed by atoms with Gasteiger partial charge in [0, 0.05) is 10.7 Å². The second-order valence-corrected chi connectivity index (χ2v) is 3.70. The third-order valence-electron chi connectivity index (χ3n) is 1.23. The summed E-state index contributed by atoms with van der Waals surface area (Å²) in [6, 6.07) is 5.47. The van der Waals surface area contributed by atoms with Crippen molar-refractivity contribution in [3.05, 3.63) is 26.8 Å². The van der Waals surface area contributed by atoms with Crippen molar-refractivity contribution in [3.63, 3.8) is 0 Å². The van der Waals surface area contributed by atoms with E-state index in [-0.39, 0.29) is 6.79 Å². The zero-order chi connectivity index (χ0) is 8.97. The molecular weight excluding hydrogens is 290 g/mol. The highest BCUT2D eigenvalue weighted by Crippen LogP contribution is 2.23. The molecule has 0 radical (unpaired) electrons. The predicted octanol–water partition coefficient (Wildman–Crippen LogP) is 2.93. The summed E-state index contributed by atoms with van der Waals surface area (Å²) >= 11 is 7.97. The number of benzene rings is 1. The molecule has 1 aromatic carbocycles. The Labute approximate surface area is 90.0 Å². The van der Waals surface area contributed by atoms with Gasteiger partial charge < -0.3 is 9.47 Å². The molecule has 0 N–H and O–H groups in total. The van der Waals surface area contributed by atoms with Crippen LogP contribution in [0.1, 0.15) is 0 Å². The molecule has 0 aliphatic heterocycles. The summed E-state index contributed by atoms with van der Waals surface area (Å²) in [5.74, 6) is 0.769. The number of hydrogen-bond donors (Lipinski definition) is 0. The van der Waals surface area contributed by atoms with Crippen LogP contribution in [-0.2, 0) is 4.74 Å². The van der Waals surface area contributed by atoms with E-state index >= 15 is 0 Å². The van der Waals surface area contributed by atoms with Crippen LogP contribution < -0.4 is 4.74 Å². The lowest BCUT2D eigenvalue weighted by atomic mass is 10.3. The van der Waals surface area contributed by atoms with Crippen molar-refractivity contribution in [1.29, 1.82) is 0 Å². The topological polar surface area (TPSA) is 18.5 Å². The van der Waals surface area contributed by atoms with Crippen molar-refractivity contribution in [2.75, 3.05) is 13.9 Å². The minimum Gasteiger partial charge on any atom is -0.468 e. The first-order valence-corrected chi connectivity index (χ1v) is 4.76. The molecule has 0 spiro atoms. The van der Waals surface area contributed by atoms with E-state index in [2.05, 4.69) is 22.6 Å². The summed E-state index contributed by atoms with van der Waals surface area (Å²) < 4.78 is 10.9. The van der Waals surface area contributed by atoms with Crippen LogP contribution in [-0.4, -0.2) is 13.9 Å². The molecule has 2 nitrogen and oxygen atoms in total. The standard InChI is InChI=1S/C8H8ClIO2/c1-11-5-12-6-2-3-7(9)8(10)4-6/h2-4H,5H2,1H3. The Bertz CT molecular complexity index is 265. The molecule has 0 aliphatic rings. The molecular formula is C8H8ClIO2. The molecule has 0 heterocycles. The van der Waals surface area contributed by atoms with Crippen molar-refractivity contribution in [2.24, 2.45) is 0 Å². The lowest BCUT2D eigenvalue weighted by molar-refractivity contribution is 0.0511. The van der Waals surface area contributed by atoms with E-state index in [0.29, 0.717) is 0 Å². The van der Waals surface area contributed by atoms with Crippen LogP contribution in [0.4, 0.5) is 0 Å². The maximum atomic E-state index is 5.82. The lowest BCUT2D eigenvalue weighted by Crippen LogP contribution is -1.98. The van der Waals surface area contributed by atoms with Crippen molar-refractivity contribution < 1.29 is 9.47 Å². The van der Waals surface area contributed by atoms with E-state index < -0.39 is 0 Å². The monoisotopic (exact) mass is 298 g/mol.